The SMILES string of the molecule is COc1cc(CN2CCN(C[C@H]3CC=CCC3)CC2)cc(OC)c1OC. The van der Waals surface area contributed by atoms with Crippen LogP contribution in [0, 0.1) is 5.92 Å². The van der Waals surface area contributed by atoms with Gasteiger partial charge in [-0.05, 0) is 42.9 Å². The van der Waals surface area contributed by atoms with Gasteiger partial charge >= 0.3 is 0 Å². The highest BCUT2D eigenvalue weighted by Gasteiger charge is 2.21. The van der Waals surface area contributed by atoms with Crippen molar-refractivity contribution in [3.63, 3.8) is 0 Å². The highest BCUT2D eigenvalue weighted by Crippen LogP contribution is 2.38. The van der Waals surface area contributed by atoms with Gasteiger partial charge in [-0.15, -0.1) is 0 Å². The van der Waals surface area contributed by atoms with Crippen LogP contribution in [0.2, 0.25) is 0 Å². The molecule has 0 aromatic heterocycles. The molecule has 1 saturated heterocycles. The molecule has 1 aromatic rings. The average molecular weight is 360 g/mol. The maximum Gasteiger partial charge on any atom is 0.203 e. The van der Waals surface area contributed by atoms with E-state index in [0.717, 1.165) is 50.1 Å². The normalized spacial score (nSPS) is 21.6. The van der Waals surface area contributed by atoms with E-state index >= 15 is 0 Å². The van der Waals surface area contributed by atoms with Crippen LogP contribution in [0.1, 0.15) is 24.8 Å². The molecule has 0 saturated carbocycles. The monoisotopic (exact) mass is 360 g/mol. The molecule has 3 rings (SSSR count). The molecular formula is C21H32N2O3. The van der Waals surface area contributed by atoms with Crippen LogP contribution in [0.4, 0.5) is 0 Å². The summed E-state index contributed by atoms with van der Waals surface area (Å²) in [6.45, 7) is 6.70. The first kappa shape index (κ1) is 19.1. The van der Waals surface area contributed by atoms with Crippen molar-refractivity contribution in [3.05, 3.63) is 29.8 Å². The highest BCUT2D eigenvalue weighted by molar-refractivity contribution is 5.53. The van der Waals surface area contributed by atoms with Gasteiger partial charge in [0.1, 0.15) is 0 Å². The zero-order chi connectivity index (χ0) is 18.4. The zero-order valence-corrected chi connectivity index (χ0v) is 16.4. The molecule has 5 nitrogen and oxygen atoms in total. The summed E-state index contributed by atoms with van der Waals surface area (Å²) < 4.78 is 16.4. The summed E-state index contributed by atoms with van der Waals surface area (Å²) in [6, 6.07) is 4.12. The summed E-state index contributed by atoms with van der Waals surface area (Å²) in [6.07, 6.45) is 8.54. The van der Waals surface area contributed by atoms with E-state index in [1.165, 1.54) is 31.4 Å². The Morgan fingerprint density at radius 1 is 0.885 bits per heavy atom. The molecule has 1 aliphatic carbocycles. The van der Waals surface area contributed by atoms with Gasteiger partial charge < -0.3 is 19.1 Å². The number of allylic oxidation sites excluding steroid dienone is 2. The smallest absolute Gasteiger partial charge is 0.203 e. The Labute approximate surface area is 157 Å². The third kappa shape index (κ3) is 4.71. The summed E-state index contributed by atoms with van der Waals surface area (Å²) >= 11 is 0. The molecule has 2 aliphatic rings. The van der Waals surface area contributed by atoms with Gasteiger partial charge in [-0.2, -0.15) is 0 Å². The second kappa shape index (κ2) is 9.28. The van der Waals surface area contributed by atoms with Crippen molar-refractivity contribution in [1.82, 2.24) is 9.80 Å². The molecule has 0 radical (unpaired) electrons. The van der Waals surface area contributed by atoms with E-state index in [9.17, 15) is 0 Å². The van der Waals surface area contributed by atoms with Crippen molar-refractivity contribution in [2.24, 2.45) is 5.92 Å². The van der Waals surface area contributed by atoms with Crippen LogP contribution >= 0.6 is 0 Å². The molecule has 0 unspecified atom stereocenters. The van der Waals surface area contributed by atoms with Crippen LogP contribution < -0.4 is 14.2 Å². The van der Waals surface area contributed by atoms with Crippen molar-refractivity contribution in [3.8, 4) is 17.2 Å². The van der Waals surface area contributed by atoms with Crippen LogP contribution in [-0.4, -0.2) is 63.9 Å². The Morgan fingerprint density at radius 2 is 1.54 bits per heavy atom. The molecule has 144 valence electrons. The van der Waals surface area contributed by atoms with Crippen LogP contribution in [0.5, 0.6) is 17.2 Å². The van der Waals surface area contributed by atoms with Gasteiger partial charge in [-0.25, -0.2) is 0 Å². The molecule has 1 fully saturated rings. The molecule has 0 bridgehead atoms. The Balaban J connectivity index is 1.55. The predicted octanol–water partition coefficient (Wildman–Crippen LogP) is 3.19. The second-order valence-corrected chi connectivity index (χ2v) is 7.26. The molecule has 1 aromatic carbocycles. The zero-order valence-electron chi connectivity index (χ0n) is 16.4. The molecular weight excluding hydrogens is 328 g/mol. The number of ether oxygens (including phenoxy) is 3. The predicted molar refractivity (Wildman–Crippen MR) is 104 cm³/mol. The van der Waals surface area contributed by atoms with Crippen molar-refractivity contribution in [2.45, 2.75) is 25.8 Å². The minimum absolute atomic E-state index is 0.658. The molecule has 1 aliphatic heterocycles. The second-order valence-electron chi connectivity index (χ2n) is 7.26. The van der Waals surface area contributed by atoms with Gasteiger partial charge in [0.05, 0.1) is 21.3 Å². The number of methoxy groups -OCH3 is 3. The molecule has 1 atom stereocenters. The van der Waals surface area contributed by atoms with Crippen LogP contribution in [0.25, 0.3) is 0 Å². The van der Waals surface area contributed by atoms with Gasteiger partial charge in [-0.1, -0.05) is 12.2 Å². The average Bonchev–Trinajstić information content (AvgIpc) is 2.69. The first-order valence-electron chi connectivity index (χ1n) is 9.62. The van der Waals surface area contributed by atoms with E-state index in [0.29, 0.717) is 5.75 Å². The Bertz CT molecular complexity index is 584. The number of hydrogen-bond acceptors (Lipinski definition) is 5. The number of nitrogens with zero attached hydrogens (tertiary/aromatic N) is 2. The third-order valence-corrected chi connectivity index (χ3v) is 5.49. The molecule has 5 heteroatoms. The minimum Gasteiger partial charge on any atom is -0.493 e. The van der Waals surface area contributed by atoms with E-state index < -0.39 is 0 Å². The van der Waals surface area contributed by atoms with E-state index in [-0.39, 0.29) is 0 Å². The topological polar surface area (TPSA) is 34.2 Å². The first-order chi connectivity index (χ1) is 12.7. The maximum absolute atomic E-state index is 5.47. The Hall–Kier alpha value is -1.72. The maximum atomic E-state index is 5.47. The van der Waals surface area contributed by atoms with Crippen molar-refractivity contribution in [2.75, 3.05) is 54.1 Å². The molecule has 1 heterocycles. The van der Waals surface area contributed by atoms with Crippen LogP contribution in [0.3, 0.4) is 0 Å². The number of benzene rings is 1. The van der Waals surface area contributed by atoms with Crippen LogP contribution in [0.15, 0.2) is 24.3 Å². The summed E-state index contributed by atoms with van der Waals surface area (Å²) in [5.41, 5.74) is 1.20. The fourth-order valence-corrected chi connectivity index (χ4v) is 4.00. The summed E-state index contributed by atoms with van der Waals surface area (Å²) in [5.74, 6) is 2.96. The van der Waals surface area contributed by atoms with E-state index in [1.807, 2.05) is 0 Å². The van der Waals surface area contributed by atoms with Gasteiger partial charge in [0.25, 0.3) is 0 Å². The Morgan fingerprint density at radius 3 is 2.08 bits per heavy atom. The quantitative estimate of drug-likeness (QED) is 0.698. The first-order valence-corrected chi connectivity index (χ1v) is 9.62. The van der Waals surface area contributed by atoms with Crippen molar-refractivity contribution < 1.29 is 14.2 Å². The lowest BCUT2D eigenvalue weighted by molar-refractivity contribution is 0.111. The van der Waals surface area contributed by atoms with E-state index in [4.69, 9.17) is 14.2 Å². The summed E-state index contributed by atoms with van der Waals surface area (Å²) in [5, 5.41) is 0. The highest BCUT2D eigenvalue weighted by atomic mass is 16.5. The van der Waals surface area contributed by atoms with Gasteiger partial charge in [0, 0.05) is 39.3 Å². The number of rotatable bonds is 7. The fraction of sp³-hybridized carbons (Fsp3) is 0.619. The fourth-order valence-electron chi connectivity index (χ4n) is 4.00. The molecule has 0 spiro atoms. The standard InChI is InChI=1S/C21H32N2O3/c1-24-19-13-18(14-20(25-2)21(19)26-3)16-23-11-9-22(10-12-23)15-17-7-5-4-6-8-17/h4-5,13-14,17H,6-12,15-16H2,1-3H3/t17-/m0/s1. The van der Waals surface area contributed by atoms with Gasteiger partial charge in [0.15, 0.2) is 11.5 Å². The lowest BCUT2D eigenvalue weighted by Crippen LogP contribution is -2.47. The van der Waals surface area contributed by atoms with Crippen LogP contribution in [-0.2, 0) is 6.54 Å². The minimum atomic E-state index is 0.658. The van der Waals surface area contributed by atoms with E-state index in [1.54, 1.807) is 21.3 Å². The van der Waals surface area contributed by atoms with Gasteiger partial charge in [0.2, 0.25) is 5.75 Å². The lowest BCUT2D eigenvalue weighted by Gasteiger charge is -2.36. The molecule has 0 N–H and O–H groups in total. The molecule has 0 amide bonds. The summed E-state index contributed by atoms with van der Waals surface area (Å²) in [4.78, 5) is 5.15. The summed E-state index contributed by atoms with van der Waals surface area (Å²) in [7, 11) is 4.97. The van der Waals surface area contributed by atoms with Crippen molar-refractivity contribution >= 4 is 0 Å². The third-order valence-electron chi connectivity index (χ3n) is 5.49. The Kier molecular flexibility index (Phi) is 6.80. The number of hydrogen-bond donors (Lipinski definition) is 0. The van der Waals surface area contributed by atoms with Gasteiger partial charge in [-0.3, -0.25) is 4.90 Å². The largest absolute Gasteiger partial charge is 0.493 e. The molecule has 26 heavy (non-hydrogen) atoms. The van der Waals surface area contributed by atoms with E-state index in [2.05, 4.69) is 34.1 Å². The lowest BCUT2D eigenvalue weighted by atomic mass is 9.94. The van der Waals surface area contributed by atoms with Crippen molar-refractivity contribution in [1.29, 1.82) is 0 Å². The number of piperazine rings is 1.